The van der Waals surface area contributed by atoms with E-state index in [0.717, 1.165) is 13.0 Å². The number of hydrogen-bond donors (Lipinski definition) is 3. The van der Waals surface area contributed by atoms with Gasteiger partial charge in [0.1, 0.15) is 0 Å². The average molecular weight is 207 g/mol. The zero-order valence-electron chi connectivity index (χ0n) is 8.69. The summed E-state index contributed by atoms with van der Waals surface area (Å²) >= 11 is 0. The van der Waals surface area contributed by atoms with E-state index in [1.807, 2.05) is 12.1 Å². The Balaban J connectivity index is 2.28. The first-order chi connectivity index (χ1) is 7.36. The van der Waals surface area contributed by atoms with Crippen molar-refractivity contribution in [2.24, 2.45) is 5.92 Å². The molecule has 0 fully saturated rings. The lowest BCUT2D eigenvalue weighted by Gasteiger charge is -2.31. The van der Waals surface area contributed by atoms with Crippen molar-refractivity contribution < 1.29 is 10.2 Å². The Kier molecular flexibility index (Phi) is 3.36. The van der Waals surface area contributed by atoms with Crippen LogP contribution in [0.3, 0.4) is 0 Å². The third-order valence-corrected chi connectivity index (χ3v) is 3.09. The molecule has 3 heteroatoms. The summed E-state index contributed by atoms with van der Waals surface area (Å²) in [7, 11) is 0. The highest BCUT2D eigenvalue weighted by Gasteiger charge is 2.26. The van der Waals surface area contributed by atoms with Gasteiger partial charge in [0, 0.05) is 25.2 Å². The summed E-state index contributed by atoms with van der Waals surface area (Å²) in [6, 6.07) is 8.32. The first-order valence-corrected chi connectivity index (χ1v) is 5.39. The van der Waals surface area contributed by atoms with Gasteiger partial charge in [0.2, 0.25) is 0 Å². The van der Waals surface area contributed by atoms with Crippen LogP contribution in [0.1, 0.15) is 17.2 Å². The molecule has 1 atom stereocenters. The van der Waals surface area contributed by atoms with Gasteiger partial charge in [0.25, 0.3) is 0 Å². The van der Waals surface area contributed by atoms with Crippen molar-refractivity contribution in [3.05, 3.63) is 35.4 Å². The molecule has 1 heterocycles. The molecule has 0 radical (unpaired) electrons. The van der Waals surface area contributed by atoms with Gasteiger partial charge in [-0.15, -0.1) is 0 Å². The molecular weight excluding hydrogens is 190 g/mol. The van der Waals surface area contributed by atoms with Crippen molar-refractivity contribution in [3.63, 3.8) is 0 Å². The minimum atomic E-state index is -0.105. The maximum Gasteiger partial charge on any atom is 0.0499 e. The van der Waals surface area contributed by atoms with Crippen LogP contribution in [0.2, 0.25) is 0 Å². The van der Waals surface area contributed by atoms with Crippen molar-refractivity contribution in [1.82, 2.24) is 5.32 Å². The molecular formula is C12H17NO2. The minimum Gasteiger partial charge on any atom is -0.396 e. The molecule has 0 saturated heterocycles. The van der Waals surface area contributed by atoms with Crippen LogP contribution < -0.4 is 5.32 Å². The highest BCUT2D eigenvalue weighted by atomic mass is 16.3. The van der Waals surface area contributed by atoms with Crippen LogP contribution in [0, 0.1) is 5.92 Å². The van der Waals surface area contributed by atoms with Gasteiger partial charge >= 0.3 is 0 Å². The largest absolute Gasteiger partial charge is 0.396 e. The molecule has 0 spiro atoms. The van der Waals surface area contributed by atoms with Crippen molar-refractivity contribution in [1.29, 1.82) is 0 Å². The van der Waals surface area contributed by atoms with Gasteiger partial charge in [0.05, 0.1) is 0 Å². The van der Waals surface area contributed by atoms with E-state index in [1.165, 1.54) is 11.1 Å². The fourth-order valence-electron chi connectivity index (χ4n) is 2.23. The van der Waals surface area contributed by atoms with E-state index in [1.54, 1.807) is 0 Å². The Bertz CT molecular complexity index is 323. The van der Waals surface area contributed by atoms with Gasteiger partial charge < -0.3 is 15.5 Å². The number of fused-ring (bicyclic) bond motifs is 1. The second-order valence-electron chi connectivity index (χ2n) is 4.01. The zero-order chi connectivity index (χ0) is 10.7. The van der Waals surface area contributed by atoms with Crippen LogP contribution in [-0.4, -0.2) is 30.0 Å². The monoisotopic (exact) mass is 207 g/mol. The Morgan fingerprint density at radius 1 is 1.27 bits per heavy atom. The quantitative estimate of drug-likeness (QED) is 0.675. The van der Waals surface area contributed by atoms with E-state index in [0.29, 0.717) is 0 Å². The summed E-state index contributed by atoms with van der Waals surface area (Å²) in [4.78, 5) is 0. The molecule has 2 rings (SSSR count). The smallest absolute Gasteiger partial charge is 0.0499 e. The van der Waals surface area contributed by atoms with Gasteiger partial charge in [-0.2, -0.15) is 0 Å². The van der Waals surface area contributed by atoms with Crippen LogP contribution in [0.25, 0.3) is 0 Å². The predicted octanol–water partition coefficient (Wildman–Crippen LogP) is 0.474. The average Bonchev–Trinajstić information content (AvgIpc) is 2.31. The number of aliphatic hydroxyl groups excluding tert-OH is 2. The molecule has 3 nitrogen and oxygen atoms in total. The molecule has 1 aliphatic heterocycles. The minimum absolute atomic E-state index is 0.0164. The third kappa shape index (κ3) is 2.04. The van der Waals surface area contributed by atoms with Crippen LogP contribution in [0.5, 0.6) is 0 Å². The van der Waals surface area contributed by atoms with E-state index in [4.69, 9.17) is 0 Å². The molecule has 15 heavy (non-hydrogen) atoms. The van der Waals surface area contributed by atoms with E-state index < -0.39 is 0 Å². The van der Waals surface area contributed by atoms with Crippen molar-refractivity contribution in [2.75, 3.05) is 19.8 Å². The lowest BCUT2D eigenvalue weighted by molar-refractivity contribution is 0.118. The van der Waals surface area contributed by atoms with E-state index >= 15 is 0 Å². The number of rotatable bonds is 3. The van der Waals surface area contributed by atoms with Crippen LogP contribution >= 0.6 is 0 Å². The SMILES string of the molecule is OCC(CO)C1NCCc2ccccc21. The number of benzene rings is 1. The molecule has 1 aliphatic rings. The molecule has 0 saturated carbocycles. The van der Waals surface area contributed by atoms with Gasteiger partial charge in [-0.3, -0.25) is 0 Å². The summed E-state index contributed by atoms with van der Waals surface area (Å²) in [5.41, 5.74) is 2.55. The van der Waals surface area contributed by atoms with Crippen molar-refractivity contribution >= 4 is 0 Å². The fourth-order valence-corrected chi connectivity index (χ4v) is 2.23. The van der Waals surface area contributed by atoms with Crippen molar-refractivity contribution in [2.45, 2.75) is 12.5 Å². The molecule has 0 aromatic heterocycles. The highest BCUT2D eigenvalue weighted by Crippen LogP contribution is 2.28. The summed E-state index contributed by atoms with van der Waals surface area (Å²) in [5.74, 6) is -0.105. The molecule has 3 N–H and O–H groups in total. The highest BCUT2D eigenvalue weighted by molar-refractivity contribution is 5.32. The molecule has 0 aliphatic carbocycles. The van der Waals surface area contributed by atoms with Gasteiger partial charge in [-0.25, -0.2) is 0 Å². The third-order valence-electron chi connectivity index (χ3n) is 3.09. The molecule has 1 unspecified atom stereocenters. The van der Waals surface area contributed by atoms with Gasteiger partial charge in [-0.1, -0.05) is 24.3 Å². The van der Waals surface area contributed by atoms with Crippen LogP contribution in [0.4, 0.5) is 0 Å². The molecule has 1 aromatic carbocycles. The van der Waals surface area contributed by atoms with Crippen molar-refractivity contribution in [3.8, 4) is 0 Å². The molecule has 0 bridgehead atoms. The lowest BCUT2D eigenvalue weighted by atomic mass is 9.87. The Hall–Kier alpha value is -0.900. The van der Waals surface area contributed by atoms with Gasteiger partial charge in [0.15, 0.2) is 0 Å². The standard InChI is InChI=1S/C12H17NO2/c14-7-10(8-15)12-11-4-2-1-3-9(11)5-6-13-12/h1-4,10,12-15H,5-8H2. The predicted molar refractivity (Wildman–Crippen MR) is 58.6 cm³/mol. The zero-order valence-corrected chi connectivity index (χ0v) is 8.69. The molecule has 1 aromatic rings. The Labute approximate surface area is 89.8 Å². The number of aliphatic hydroxyl groups is 2. The number of hydrogen-bond acceptors (Lipinski definition) is 3. The first-order valence-electron chi connectivity index (χ1n) is 5.39. The fraction of sp³-hybridized carbons (Fsp3) is 0.500. The normalized spacial score (nSPS) is 20.3. The van der Waals surface area contributed by atoms with E-state index in [-0.39, 0.29) is 25.2 Å². The Morgan fingerprint density at radius 2 is 2.00 bits per heavy atom. The summed E-state index contributed by atoms with van der Waals surface area (Å²) in [6.07, 6.45) is 1.02. The second kappa shape index (κ2) is 4.75. The summed E-state index contributed by atoms with van der Waals surface area (Å²) in [5, 5.41) is 21.8. The van der Waals surface area contributed by atoms with E-state index in [2.05, 4.69) is 17.4 Å². The molecule has 82 valence electrons. The number of nitrogens with one attached hydrogen (secondary N) is 1. The van der Waals surface area contributed by atoms with Crippen LogP contribution in [0.15, 0.2) is 24.3 Å². The van der Waals surface area contributed by atoms with Crippen LogP contribution in [-0.2, 0) is 6.42 Å². The van der Waals surface area contributed by atoms with Gasteiger partial charge in [-0.05, 0) is 24.1 Å². The maximum atomic E-state index is 9.20. The lowest BCUT2D eigenvalue weighted by Crippen LogP contribution is -2.37. The maximum absolute atomic E-state index is 9.20. The van der Waals surface area contributed by atoms with E-state index in [9.17, 15) is 10.2 Å². The summed E-state index contributed by atoms with van der Waals surface area (Å²) in [6.45, 7) is 0.948. The Morgan fingerprint density at radius 3 is 2.73 bits per heavy atom. The molecule has 0 amide bonds. The topological polar surface area (TPSA) is 52.5 Å². The second-order valence-corrected chi connectivity index (χ2v) is 4.01. The first kappa shape index (κ1) is 10.6. The summed E-state index contributed by atoms with van der Waals surface area (Å²) < 4.78 is 0.